The van der Waals surface area contributed by atoms with E-state index >= 15 is 0 Å². The van der Waals surface area contributed by atoms with Crippen LogP contribution >= 0.6 is 23.8 Å². The quantitative estimate of drug-likeness (QED) is 0.392. The molecule has 0 aromatic heterocycles. The van der Waals surface area contributed by atoms with E-state index in [0.717, 1.165) is 0 Å². The Labute approximate surface area is 80.7 Å². The van der Waals surface area contributed by atoms with E-state index in [1.807, 2.05) is 0 Å². The lowest BCUT2D eigenvalue weighted by molar-refractivity contribution is 0.801. The molecule has 1 rings (SSSR count). The lowest BCUT2D eigenvalue weighted by atomic mass is 10.3. The van der Waals surface area contributed by atoms with Gasteiger partial charge in [0, 0.05) is 17.8 Å². The molecule has 0 bridgehead atoms. The van der Waals surface area contributed by atoms with Crippen LogP contribution in [0.4, 0.5) is 10.1 Å². The van der Waals surface area contributed by atoms with E-state index in [9.17, 15) is 4.39 Å². The van der Waals surface area contributed by atoms with Crippen LogP contribution in [0.2, 0.25) is 5.02 Å². The van der Waals surface area contributed by atoms with Crippen molar-refractivity contribution >= 4 is 34.7 Å². The Morgan fingerprint density at radius 2 is 2.25 bits per heavy atom. The highest BCUT2D eigenvalue weighted by Crippen LogP contribution is 2.18. The van der Waals surface area contributed by atoms with Crippen molar-refractivity contribution in [1.29, 1.82) is 0 Å². The van der Waals surface area contributed by atoms with Gasteiger partial charge in [-0.1, -0.05) is 17.7 Å². The minimum absolute atomic E-state index is 0.565. The van der Waals surface area contributed by atoms with Crippen molar-refractivity contribution in [2.75, 3.05) is 11.9 Å². The van der Waals surface area contributed by atoms with Gasteiger partial charge in [-0.05, 0) is 30.4 Å². The highest BCUT2D eigenvalue weighted by molar-refractivity contribution is 7.80. The molecule has 0 aliphatic carbocycles. The number of halogens is 2. The van der Waals surface area contributed by atoms with Crippen molar-refractivity contribution in [2.24, 2.45) is 0 Å². The van der Waals surface area contributed by atoms with Gasteiger partial charge in [0.05, 0.1) is 0 Å². The second-order valence-corrected chi connectivity index (χ2v) is 3.07. The second kappa shape index (κ2) is 3.83. The Morgan fingerprint density at radius 1 is 1.58 bits per heavy atom. The predicted molar refractivity (Wildman–Crippen MR) is 53.6 cm³/mol. The summed E-state index contributed by atoms with van der Waals surface area (Å²) in [5.41, 5.74) is 0.648. The summed E-state index contributed by atoms with van der Waals surface area (Å²) in [5, 5.41) is -0.104. The van der Waals surface area contributed by atoms with Crippen LogP contribution in [0.3, 0.4) is 0 Å². The lowest BCUT2D eigenvalue weighted by Gasteiger charge is -2.14. The summed E-state index contributed by atoms with van der Waals surface area (Å²) in [6, 6.07) is 6.85. The van der Waals surface area contributed by atoms with Crippen molar-refractivity contribution in [2.45, 2.75) is 0 Å². The summed E-state index contributed by atoms with van der Waals surface area (Å²) in [5.74, 6) is 0. The van der Waals surface area contributed by atoms with E-state index in [-0.39, 0.29) is 0 Å². The fourth-order valence-electron chi connectivity index (χ4n) is 0.786. The molecule has 1 aromatic carbocycles. The first-order valence-electron chi connectivity index (χ1n) is 3.30. The fraction of sp³-hybridized carbons (Fsp3) is 0.125. The summed E-state index contributed by atoms with van der Waals surface area (Å²) in [6.45, 7) is 0. The van der Waals surface area contributed by atoms with Crippen molar-refractivity contribution in [3.63, 3.8) is 0 Å². The number of nitrogens with zero attached hydrogens (tertiary/aromatic N) is 1. The third-order valence-electron chi connectivity index (χ3n) is 1.46. The number of anilines is 1. The molecule has 0 amide bonds. The molecule has 12 heavy (non-hydrogen) atoms. The Bertz CT molecular complexity index is 303. The SMILES string of the molecule is CN(C(F)=S)c1cccc(Cl)c1. The van der Waals surface area contributed by atoms with Gasteiger partial charge < -0.3 is 4.90 Å². The van der Waals surface area contributed by atoms with E-state index in [1.165, 1.54) is 4.90 Å². The molecule has 1 nitrogen and oxygen atoms in total. The van der Waals surface area contributed by atoms with Gasteiger partial charge in [-0.15, -0.1) is 0 Å². The highest BCUT2D eigenvalue weighted by Gasteiger charge is 2.04. The van der Waals surface area contributed by atoms with Crippen LogP contribution in [-0.4, -0.2) is 12.3 Å². The zero-order valence-corrected chi connectivity index (χ0v) is 7.99. The summed E-state index contributed by atoms with van der Waals surface area (Å²) in [4.78, 5) is 1.25. The molecular weight excluding hydrogens is 197 g/mol. The van der Waals surface area contributed by atoms with Gasteiger partial charge in [0.15, 0.2) is 0 Å². The van der Waals surface area contributed by atoms with Crippen molar-refractivity contribution in [1.82, 2.24) is 0 Å². The molecule has 64 valence electrons. The Balaban J connectivity index is 2.95. The third-order valence-corrected chi connectivity index (χ3v) is 1.97. The van der Waals surface area contributed by atoms with E-state index in [0.29, 0.717) is 10.7 Å². The lowest BCUT2D eigenvalue weighted by Crippen LogP contribution is -2.19. The fourth-order valence-corrected chi connectivity index (χ4v) is 1.08. The van der Waals surface area contributed by atoms with Gasteiger partial charge >= 0.3 is 0 Å². The van der Waals surface area contributed by atoms with Gasteiger partial charge in [0.2, 0.25) is 0 Å². The van der Waals surface area contributed by atoms with Gasteiger partial charge in [-0.25, -0.2) is 0 Å². The molecule has 0 fully saturated rings. The van der Waals surface area contributed by atoms with Gasteiger partial charge in [-0.3, -0.25) is 0 Å². The molecule has 0 aliphatic rings. The van der Waals surface area contributed by atoms with Crippen LogP contribution in [0.1, 0.15) is 0 Å². The molecule has 4 heteroatoms. The number of benzene rings is 1. The molecule has 0 N–H and O–H groups in total. The molecule has 0 saturated heterocycles. The molecule has 0 saturated carbocycles. The first kappa shape index (κ1) is 9.42. The molecule has 0 atom stereocenters. The molecule has 0 aliphatic heterocycles. The second-order valence-electron chi connectivity index (χ2n) is 2.29. The van der Waals surface area contributed by atoms with Crippen LogP contribution in [0.5, 0.6) is 0 Å². The molecule has 0 unspecified atom stereocenters. The smallest absolute Gasteiger partial charge is 0.259 e. The minimum Gasteiger partial charge on any atom is -0.312 e. The van der Waals surface area contributed by atoms with Gasteiger partial charge in [-0.2, -0.15) is 4.39 Å². The molecule has 0 spiro atoms. The maximum atomic E-state index is 12.5. The zero-order valence-electron chi connectivity index (χ0n) is 6.42. The van der Waals surface area contributed by atoms with Crippen molar-refractivity contribution in [3.05, 3.63) is 29.3 Å². The summed E-state index contributed by atoms with van der Waals surface area (Å²) in [6.07, 6.45) is 0. The van der Waals surface area contributed by atoms with Crippen LogP contribution in [0, 0.1) is 0 Å². The Kier molecular flexibility index (Phi) is 3.00. The van der Waals surface area contributed by atoms with Gasteiger partial charge in [0.1, 0.15) is 0 Å². The normalized spacial score (nSPS) is 9.58. The van der Waals surface area contributed by atoms with E-state index in [4.69, 9.17) is 11.6 Å². The third kappa shape index (κ3) is 2.16. The molecular formula is C8H7ClFNS. The number of rotatable bonds is 1. The van der Waals surface area contributed by atoms with Crippen LogP contribution < -0.4 is 4.90 Å². The van der Waals surface area contributed by atoms with Crippen molar-refractivity contribution in [3.8, 4) is 0 Å². The Morgan fingerprint density at radius 3 is 2.75 bits per heavy atom. The zero-order chi connectivity index (χ0) is 9.14. The van der Waals surface area contributed by atoms with E-state index in [2.05, 4.69) is 12.2 Å². The predicted octanol–water partition coefficient (Wildman–Crippen LogP) is 3.03. The van der Waals surface area contributed by atoms with E-state index in [1.54, 1.807) is 31.3 Å². The van der Waals surface area contributed by atoms with Gasteiger partial charge in [0.25, 0.3) is 5.24 Å². The minimum atomic E-state index is -0.669. The van der Waals surface area contributed by atoms with Crippen LogP contribution in [0.15, 0.2) is 24.3 Å². The monoisotopic (exact) mass is 203 g/mol. The molecule has 0 heterocycles. The topological polar surface area (TPSA) is 3.24 Å². The number of thiocarbonyl (C=S) groups is 1. The maximum Gasteiger partial charge on any atom is 0.259 e. The molecule has 1 aromatic rings. The average molecular weight is 204 g/mol. The molecule has 0 radical (unpaired) electrons. The summed E-state index contributed by atoms with van der Waals surface area (Å²) >= 11 is 10.1. The first-order valence-corrected chi connectivity index (χ1v) is 4.08. The average Bonchev–Trinajstić information content (AvgIpc) is 2.03. The highest BCUT2D eigenvalue weighted by atomic mass is 35.5. The number of hydrogen-bond donors (Lipinski definition) is 0. The Hall–Kier alpha value is -0.670. The van der Waals surface area contributed by atoms with E-state index < -0.39 is 5.24 Å². The summed E-state index contributed by atoms with van der Waals surface area (Å²) in [7, 11) is 1.55. The van der Waals surface area contributed by atoms with Crippen LogP contribution in [0.25, 0.3) is 0 Å². The standard InChI is InChI=1S/C8H7ClFNS/c1-11(8(10)12)7-4-2-3-6(9)5-7/h2-5H,1H3. The first-order chi connectivity index (χ1) is 5.61. The van der Waals surface area contributed by atoms with Crippen molar-refractivity contribution < 1.29 is 4.39 Å². The summed E-state index contributed by atoms with van der Waals surface area (Å²) < 4.78 is 12.5. The number of hydrogen-bond acceptors (Lipinski definition) is 1. The maximum absolute atomic E-state index is 12.5. The van der Waals surface area contributed by atoms with Crippen LogP contribution in [-0.2, 0) is 0 Å². The largest absolute Gasteiger partial charge is 0.312 e.